The number of carbonyl (C=O) groups is 3. The van der Waals surface area contributed by atoms with Crippen LogP contribution in [0.3, 0.4) is 0 Å². The molecular weight excluding hydrogens is 384 g/mol. The Morgan fingerprint density at radius 3 is 2.40 bits per heavy atom. The van der Waals surface area contributed by atoms with Gasteiger partial charge in [-0.1, -0.05) is 36.4 Å². The topological polar surface area (TPSA) is 105 Å². The van der Waals surface area contributed by atoms with Crippen molar-refractivity contribution in [2.24, 2.45) is 0 Å². The molecule has 0 unspecified atom stereocenters. The number of esters is 1. The van der Waals surface area contributed by atoms with Crippen LogP contribution in [-0.2, 0) is 11.3 Å². The van der Waals surface area contributed by atoms with E-state index >= 15 is 0 Å². The summed E-state index contributed by atoms with van der Waals surface area (Å²) >= 11 is 0. The minimum atomic E-state index is -0.471. The van der Waals surface area contributed by atoms with Gasteiger partial charge in [-0.25, -0.2) is 0 Å². The van der Waals surface area contributed by atoms with Gasteiger partial charge >= 0.3 is 5.97 Å². The Kier molecular flexibility index (Phi) is 6.44. The van der Waals surface area contributed by atoms with Crippen molar-refractivity contribution < 1.29 is 24.2 Å². The van der Waals surface area contributed by atoms with Crippen LogP contribution >= 0.6 is 0 Å². The fraction of sp³-hybridized carbons (Fsp3) is 0.0870. The first-order chi connectivity index (χ1) is 14.4. The molecule has 0 spiro atoms. The molecule has 0 aliphatic rings. The van der Waals surface area contributed by atoms with E-state index < -0.39 is 11.9 Å². The van der Waals surface area contributed by atoms with Gasteiger partial charge in [-0.05, 0) is 42.0 Å². The number of para-hydroxylation sites is 2. The summed E-state index contributed by atoms with van der Waals surface area (Å²) in [7, 11) is 0. The Labute approximate surface area is 173 Å². The molecule has 3 N–H and O–H groups in total. The lowest BCUT2D eigenvalue weighted by Gasteiger charge is -2.13. The summed E-state index contributed by atoms with van der Waals surface area (Å²) in [5.41, 5.74) is 1.69. The largest absolute Gasteiger partial charge is 0.507 e. The van der Waals surface area contributed by atoms with Crippen molar-refractivity contribution in [2.75, 3.05) is 5.32 Å². The maximum Gasteiger partial charge on any atom is 0.308 e. The first-order valence-corrected chi connectivity index (χ1v) is 9.18. The molecule has 0 radical (unpaired) electrons. The number of anilines is 1. The number of ether oxygens (including phenoxy) is 1. The van der Waals surface area contributed by atoms with Crippen LogP contribution in [0.5, 0.6) is 11.5 Å². The predicted molar refractivity (Wildman–Crippen MR) is 111 cm³/mol. The van der Waals surface area contributed by atoms with Gasteiger partial charge in [0.25, 0.3) is 11.8 Å². The third-order valence-corrected chi connectivity index (χ3v) is 4.21. The standard InChI is InChI=1S/C23H20N2O5/c1-15(26)30-18-9-6-8-16(13-18)22(28)24-14-17-7-2-4-11-20(17)25-23(29)19-10-3-5-12-21(19)27/h2-13,27H,14H2,1H3,(H,24,28)(H,25,29). The van der Waals surface area contributed by atoms with E-state index in [1.807, 2.05) is 0 Å². The summed E-state index contributed by atoms with van der Waals surface area (Å²) in [4.78, 5) is 36.0. The molecule has 0 aliphatic carbocycles. The van der Waals surface area contributed by atoms with E-state index in [1.54, 1.807) is 54.6 Å². The first kappa shape index (κ1) is 20.6. The van der Waals surface area contributed by atoms with Gasteiger partial charge in [0.05, 0.1) is 5.56 Å². The molecule has 0 atom stereocenters. The Morgan fingerprint density at radius 1 is 0.900 bits per heavy atom. The third-order valence-electron chi connectivity index (χ3n) is 4.21. The highest BCUT2D eigenvalue weighted by atomic mass is 16.5. The third kappa shape index (κ3) is 5.23. The molecule has 0 saturated carbocycles. The van der Waals surface area contributed by atoms with E-state index in [9.17, 15) is 19.5 Å². The zero-order chi connectivity index (χ0) is 21.5. The second-order valence-corrected chi connectivity index (χ2v) is 6.43. The summed E-state index contributed by atoms with van der Waals surface area (Å²) in [6, 6.07) is 19.6. The summed E-state index contributed by atoms with van der Waals surface area (Å²) in [6.45, 7) is 1.45. The van der Waals surface area contributed by atoms with E-state index in [0.29, 0.717) is 16.8 Å². The molecule has 0 saturated heterocycles. The second kappa shape index (κ2) is 9.38. The summed E-state index contributed by atoms with van der Waals surface area (Å²) < 4.78 is 5.00. The van der Waals surface area contributed by atoms with Crippen LogP contribution in [-0.4, -0.2) is 22.9 Å². The number of amides is 2. The van der Waals surface area contributed by atoms with E-state index in [4.69, 9.17) is 4.74 Å². The van der Waals surface area contributed by atoms with Crippen molar-refractivity contribution >= 4 is 23.5 Å². The Balaban J connectivity index is 1.69. The zero-order valence-electron chi connectivity index (χ0n) is 16.2. The maximum atomic E-state index is 12.5. The van der Waals surface area contributed by atoms with Gasteiger partial charge < -0.3 is 20.5 Å². The fourth-order valence-electron chi connectivity index (χ4n) is 2.80. The van der Waals surface area contributed by atoms with Crippen LogP contribution in [0.25, 0.3) is 0 Å². The highest BCUT2D eigenvalue weighted by Crippen LogP contribution is 2.20. The van der Waals surface area contributed by atoms with Gasteiger partial charge in [-0.3, -0.25) is 14.4 Å². The lowest BCUT2D eigenvalue weighted by atomic mass is 10.1. The van der Waals surface area contributed by atoms with Crippen molar-refractivity contribution in [3.05, 3.63) is 89.5 Å². The average Bonchev–Trinajstić information content (AvgIpc) is 2.73. The molecule has 0 fully saturated rings. The number of rotatable bonds is 6. The Bertz CT molecular complexity index is 1090. The molecule has 30 heavy (non-hydrogen) atoms. The highest BCUT2D eigenvalue weighted by Gasteiger charge is 2.13. The minimum Gasteiger partial charge on any atom is -0.507 e. The molecule has 3 rings (SSSR count). The Morgan fingerprint density at radius 2 is 1.63 bits per heavy atom. The van der Waals surface area contributed by atoms with E-state index in [0.717, 1.165) is 0 Å². The van der Waals surface area contributed by atoms with Gasteiger partial charge in [0.1, 0.15) is 11.5 Å². The average molecular weight is 404 g/mol. The first-order valence-electron chi connectivity index (χ1n) is 9.18. The molecular formula is C23H20N2O5. The van der Waals surface area contributed by atoms with Crippen LogP contribution in [0.2, 0.25) is 0 Å². The molecule has 7 heteroatoms. The van der Waals surface area contributed by atoms with Gasteiger partial charge in [0.15, 0.2) is 0 Å². The second-order valence-electron chi connectivity index (χ2n) is 6.43. The monoisotopic (exact) mass is 404 g/mol. The lowest BCUT2D eigenvalue weighted by molar-refractivity contribution is -0.131. The van der Waals surface area contributed by atoms with Crippen LogP contribution in [0.4, 0.5) is 5.69 Å². The molecule has 3 aromatic carbocycles. The summed E-state index contributed by atoms with van der Waals surface area (Å²) in [5, 5.41) is 15.4. The molecule has 3 aromatic rings. The molecule has 0 bridgehead atoms. The van der Waals surface area contributed by atoms with Crippen LogP contribution in [0.1, 0.15) is 33.2 Å². The minimum absolute atomic E-state index is 0.117. The molecule has 0 aliphatic heterocycles. The summed E-state index contributed by atoms with van der Waals surface area (Å²) in [5.74, 6) is -1.12. The Hall–Kier alpha value is -4.13. The van der Waals surface area contributed by atoms with Crippen molar-refractivity contribution in [3.63, 3.8) is 0 Å². The van der Waals surface area contributed by atoms with Crippen molar-refractivity contribution in [1.29, 1.82) is 0 Å². The van der Waals surface area contributed by atoms with Gasteiger partial charge in [-0.15, -0.1) is 0 Å². The number of phenolic OH excluding ortho intramolecular Hbond substituents is 1. The van der Waals surface area contributed by atoms with Crippen LogP contribution < -0.4 is 15.4 Å². The molecule has 2 amide bonds. The van der Waals surface area contributed by atoms with Crippen LogP contribution in [0.15, 0.2) is 72.8 Å². The van der Waals surface area contributed by atoms with Crippen LogP contribution in [0, 0.1) is 0 Å². The van der Waals surface area contributed by atoms with Gasteiger partial charge in [0, 0.05) is 24.7 Å². The number of benzene rings is 3. The number of hydrogen-bond acceptors (Lipinski definition) is 5. The molecule has 7 nitrogen and oxygen atoms in total. The van der Waals surface area contributed by atoms with E-state index in [2.05, 4.69) is 10.6 Å². The fourth-order valence-corrected chi connectivity index (χ4v) is 2.80. The SMILES string of the molecule is CC(=O)Oc1cccc(C(=O)NCc2ccccc2NC(=O)c2ccccc2O)c1. The molecule has 0 heterocycles. The van der Waals surface area contributed by atoms with Crippen molar-refractivity contribution in [1.82, 2.24) is 5.32 Å². The zero-order valence-corrected chi connectivity index (χ0v) is 16.2. The van der Waals surface area contributed by atoms with Gasteiger partial charge in [-0.2, -0.15) is 0 Å². The van der Waals surface area contributed by atoms with Crippen molar-refractivity contribution in [2.45, 2.75) is 13.5 Å². The smallest absolute Gasteiger partial charge is 0.308 e. The van der Waals surface area contributed by atoms with Crippen molar-refractivity contribution in [3.8, 4) is 11.5 Å². The van der Waals surface area contributed by atoms with Gasteiger partial charge in [0.2, 0.25) is 0 Å². The number of aromatic hydroxyl groups is 1. The van der Waals surface area contributed by atoms with E-state index in [1.165, 1.54) is 25.1 Å². The highest BCUT2D eigenvalue weighted by molar-refractivity contribution is 6.06. The summed E-state index contributed by atoms with van der Waals surface area (Å²) in [6.07, 6.45) is 0. The van der Waals surface area contributed by atoms with E-state index in [-0.39, 0.29) is 29.5 Å². The molecule has 152 valence electrons. The number of phenols is 1. The lowest BCUT2D eigenvalue weighted by Crippen LogP contribution is -2.24. The number of hydrogen-bond donors (Lipinski definition) is 3. The predicted octanol–water partition coefficient (Wildman–Crippen LogP) is 3.50. The molecule has 0 aromatic heterocycles. The number of carbonyl (C=O) groups excluding carboxylic acids is 3. The quantitative estimate of drug-likeness (QED) is 0.431. The normalized spacial score (nSPS) is 10.2. The maximum absolute atomic E-state index is 12.5. The number of nitrogens with one attached hydrogen (secondary N) is 2.